The van der Waals surface area contributed by atoms with Gasteiger partial charge in [0, 0.05) is 18.1 Å². The van der Waals surface area contributed by atoms with Crippen molar-refractivity contribution in [2.24, 2.45) is 0 Å². The summed E-state index contributed by atoms with van der Waals surface area (Å²) >= 11 is 6.01. The van der Waals surface area contributed by atoms with Crippen LogP contribution in [0.3, 0.4) is 0 Å². The fourth-order valence-electron chi connectivity index (χ4n) is 2.33. The molecule has 0 radical (unpaired) electrons. The van der Waals surface area contributed by atoms with Crippen LogP contribution in [0.2, 0.25) is 5.02 Å². The van der Waals surface area contributed by atoms with E-state index < -0.39 is 9.84 Å². The maximum absolute atomic E-state index is 11.9. The van der Waals surface area contributed by atoms with Gasteiger partial charge in [0.05, 0.1) is 11.0 Å². The van der Waals surface area contributed by atoms with Gasteiger partial charge in [-0.05, 0) is 44.0 Å². The summed E-state index contributed by atoms with van der Waals surface area (Å²) in [4.78, 5) is 2.21. The highest BCUT2D eigenvalue weighted by atomic mass is 35.5. The predicted molar refractivity (Wildman–Crippen MR) is 79.3 cm³/mol. The second-order valence-corrected chi connectivity index (χ2v) is 8.27. The van der Waals surface area contributed by atoms with Gasteiger partial charge in [-0.1, -0.05) is 23.7 Å². The van der Waals surface area contributed by atoms with E-state index in [1.807, 2.05) is 26.0 Å². The van der Waals surface area contributed by atoms with Crippen LogP contribution in [0.4, 0.5) is 0 Å². The molecule has 2 rings (SSSR count). The van der Waals surface area contributed by atoms with E-state index in [0.29, 0.717) is 6.54 Å². The Kier molecular flexibility index (Phi) is 4.54. The lowest BCUT2D eigenvalue weighted by Crippen LogP contribution is -2.26. The average Bonchev–Trinajstić information content (AvgIpc) is 2.47. The van der Waals surface area contributed by atoms with Gasteiger partial charge in [0.15, 0.2) is 9.84 Å². The summed E-state index contributed by atoms with van der Waals surface area (Å²) in [6.07, 6.45) is 0.717. The molecule has 106 valence electrons. The molecule has 0 saturated carbocycles. The molecule has 1 aromatic carbocycles. The molecule has 0 bridgehead atoms. The first kappa shape index (κ1) is 14.8. The molecule has 1 aliphatic rings. The molecule has 1 fully saturated rings. The van der Waals surface area contributed by atoms with Crippen LogP contribution in [0.25, 0.3) is 0 Å². The van der Waals surface area contributed by atoms with Gasteiger partial charge in [0.25, 0.3) is 0 Å². The van der Waals surface area contributed by atoms with Crippen molar-refractivity contribution in [1.29, 1.82) is 0 Å². The van der Waals surface area contributed by atoms with E-state index in [1.54, 1.807) is 0 Å². The molecular formula is C14H20ClNO2S. The number of hydrogen-bond donors (Lipinski definition) is 0. The quantitative estimate of drug-likeness (QED) is 0.843. The Bertz CT molecular complexity index is 557. The first-order chi connectivity index (χ1) is 8.88. The molecule has 19 heavy (non-hydrogen) atoms. The van der Waals surface area contributed by atoms with Crippen LogP contribution in [-0.2, 0) is 16.4 Å². The molecule has 1 aliphatic heterocycles. The van der Waals surface area contributed by atoms with Crippen molar-refractivity contribution >= 4 is 21.4 Å². The highest BCUT2D eigenvalue weighted by Gasteiger charge is 2.26. The van der Waals surface area contributed by atoms with Gasteiger partial charge in [0.1, 0.15) is 0 Å². The predicted octanol–water partition coefficient (Wildman–Crippen LogP) is 2.66. The van der Waals surface area contributed by atoms with Gasteiger partial charge >= 0.3 is 0 Å². The van der Waals surface area contributed by atoms with E-state index in [0.717, 1.165) is 30.1 Å². The van der Waals surface area contributed by atoms with Crippen molar-refractivity contribution in [2.75, 3.05) is 18.8 Å². The fourth-order valence-corrected chi connectivity index (χ4v) is 3.83. The number of nitrogens with zero attached hydrogens (tertiary/aromatic N) is 1. The molecule has 0 unspecified atom stereocenters. The van der Waals surface area contributed by atoms with Crippen molar-refractivity contribution in [3.05, 3.63) is 34.3 Å². The molecule has 1 saturated heterocycles. The average molecular weight is 302 g/mol. The van der Waals surface area contributed by atoms with Crippen LogP contribution in [0, 0.1) is 6.92 Å². The minimum atomic E-state index is -2.90. The van der Waals surface area contributed by atoms with Crippen LogP contribution in [0.15, 0.2) is 18.2 Å². The van der Waals surface area contributed by atoms with Crippen LogP contribution in [0.1, 0.15) is 24.5 Å². The molecule has 1 aromatic rings. The molecule has 5 heteroatoms. The lowest BCUT2D eigenvalue weighted by atomic mass is 10.1. The van der Waals surface area contributed by atoms with Crippen molar-refractivity contribution in [1.82, 2.24) is 4.90 Å². The van der Waals surface area contributed by atoms with E-state index in [-0.39, 0.29) is 11.0 Å². The number of hydrogen-bond acceptors (Lipinski definition) is 3. The zero-order chi connectivity index (χ0) is 14.0. The highest BCUT2D eigenvalue weighted by Crippen LogP contribution is 2.19. The van der Waals surface area contributed by atoms with Crippen LogP contribution < -0.4 is 0 Å². The Hall–Kier alpha value is -0.580. The lowest BCUT2D eigenvalue weighted by molar-refractivity contribution is 0.283. The van der Waals surface area contributed by atoms with Gasteiger partial charge in [-0.25, -0.2) is 8.42 Å². The van der Waals surface area contributed by atoms with Gasteiger partial charge in [-0.2, -0.15) is 0 Å². The molecule has 0 spiro atoms. The van der Waals surface area contributed by atoms with Crippen LogP contribution >= 0.6 is 11.6 Å². The number of halogens is 1. The van der Waals surface area contributed by atoms with Crippen molar-refractivity contribution in [3.63, 3.8) is 0 Å². The van der Waals surface area contributed by atoms with Gasteiger partial charge in [0.2, 0.25) is 0 Å². The van der Waals surface area contributed by atoms with E-state index in [4.69, 9.17) is 11.6 Å². The first-order valence-corrected chi connectivity index (χ1v) is 8.67. The second-order valence-electron chi connectivity index (χ2n) is 5.33. The van der Waals surface area contributed by atoms with Crippen molar-refractivity contribution < 1.29 is 8.42 Å². The van der Waals surface area contributed by atoms with E-state index >= 15 is 0 Å². The smallest absolute Gasteiger partial charge is 0.154 e. The van der Waals surface area contributed by atoms with Gasteiger partial charge in [-0.15, -0.1) is 0 Å². The Balaban J connectivity index is 2.05. The summed E-state index contributed by atoms with van der Waals surface area (Å²) in [5.74, 6) is 0.265. The maximum Gasteiger partial charge on any atom is 0.154 e. The third kappa shape index (κ3) is 3.71. The Morgan fingerprint density at radius 1 is 1.37 bits per heavy atom. The van der Waals surface area contributed by atoms with E-state index in [9.17, 15) is 8.42 Å². The second kappa shape index (κ2) is 5.81. The van der Waals surface area contributed by atoms with Crippen molar-refractivity contribution in [3.8, 4) is 0 Å². The molecule has 3 nitrogen and oxygen atoms in total. The fraction of sp³-hybridized carbons (Fsp3) is 0.571. The monoisotopic (exact) mass is 301 g/mol. The van der Waals surface area contributed by atoms with E-state index in [2.05, 4.69) is 11.0 Å². The normalized spacial score (nSPS) is 24.1. The summed E-state index contributed by atoms with van der Waals surface area (Å²) in [5, 5.41) is 0.556. The Labute approximate surface area is 120 Å². The number of rotatable bonds is 2. The zero-order valence-corrected chi connectivity index (χ0v) is 13.0. The number of benzene rings is 1. The minimum absolute atomic E-state index is 0.218. The molecule has 0 aromatic heterocycles. The Morgan fingerprint density at radius 2 is 2.11 bits per heavy atom. The summed E-state index contributed by atoms with van der Waals surface area (Å²) in [5.41, 5.74) is 2.25. The molecule has 1 heterocycles. The SMILES string of the molecule is Cc1cc(CN2CC[C@@H](C)S(=O)(=O)CC2)ccc1Cl. The third-order valence-corrected chi connectivity index (χ3v) is 6.42. The summed E-state index contributed by atoms with van der Waals surface area (Å²) in [7, 11) is -2.90. The zero-order valence-electron chi connectivity index (χ0n) is 11.4. The molecule has 0 amide bonds. The maximum atomic E-state index is 11.9. The third-order valence-electron chi connectivity index (χ3n) is 3.79. The Morgan fingerprint density at radius 3 is 2.79 bits per heavy atom. The standard InChI is InChI=1S/C14H20ClNO2S/c1-11-9-13(3-4-14(11)15)10-16-6-5-12(2)19(17,18)8-7-16/h3-4,9,12H,5-8,10H2,1-2H3/t12-/m1/s1. The summed E-state index contributed by atoms with van der Waals surface area (Å²) in [6, 6.07) is 5.99. The molecule has 0 N–H and O–H groups in total. The first-order valence-electron chi connectivity index (χ1n) is 6.57. The largest absolute Gasteiger partial charge is 0.298 e. The number of aryl methyl sites for hydroxylation is 1. The van der Waals surface area contributed by atoms with Crippen LogP contribution in [0.5, 0.6) is 0 Å². The molecule has 0 aliphatic carbocycles. The lowest BCUT2D eigenvalue weighted by Gasteiger charge is -2.19. The van der Waals surface area contributed by atoms with Crippen LogP contribution in [-0.4, -0.2) is 37.4 Å². The summed E-state index contributed by atoms with van der Waals surface area (Å²) < 4.78 is 23.7. The van der Waals surface area contributed by atoms with Gasteiger partial charge in [-0.3, -0.25) is 4.90 Å². The molecule has 1 atom stereocenters. The van der Waals surface area contributed by atoms with E-state index in [1.165, 1.54) is 5.56 Å². The molecular weight excluding hydrogens is 282 g/mol. The minimum Gasteiger partial charge on any atom is -0.298 e. The topological polar surface area (TPSA) is 37.4 Å². The highest BCUT2D eigenvalue weighted by molar-refractivity contribution is 7.92. The summed E-state index contributed by atoms with van der Waals surface area (Å²) in [6.45, 7) is 6.04. The van der Waals surface area contributed by atoms with Crippen molar-refractivity contribution in [2.45, 2.75) is 32.1 Å². The van der Waals surface area contributed by atoms with Gasteiger partial charge < -0.3 is 0 Å². The number of sulfone groups is 1.